The number of piperidine rings is 1. The minimum Gasteiger partial charge on any atom is -0.444 e. The number of rotatable bonds is 2. The lowest BCUT2D eigenvalue weighted by Gasteiger charge is -2.37. The van der Waals surface area contributed by atoms with Crippen LogP contribution in [0.4, 0.5) is 10.5 Å². The third-order valence-corrected chi connectivity index (χ3v) is 5.17. The number of carbonyl (C=O) groups excluding carboxylic acids is 3. The van der Waals surface area contributed by atoms with E-state index in [1.807, 2.05) is 39.8 Å². The first-order chi connectivity index (χ1) is 13.1. The molecule has 0 spiro atoms. The number of piperazine rings is 1. The van der Waals surface area contributed by atoms with E-state index in [9.17, 15) is 14.4 Å². The van der Waals surface area contributed by atoms with Crippen LogP contribution in [0.1, 0.15) is 50.7 Å². The van der Waals surface area contributed by atoms with E-state index in [0.717, 1.165) is 16.8 Å². The van der Waals surface area contributed by atoms with Crippen molar-refractivity contribution in [2.75, 3.05) is 31.1 Å². The first kappa shape index (κ1) is 20.2. The van der Waals surface area contributed by atoms with Crippen molar-refractivity contribution in [1.82, 2.24) is 10.2 Å². The van der Waals surface area contributed by atoms with Gasteiger partial charge in [0.2, 0.25) is 11.8 Å². The second-order valence-electron chi connectivity index (χ2n) is 8.50. The summed E-state index contributed by atoms with van der Waals surface area (Å²) in [7, 11) is 0. The Balaban J connectivity index is 1.68. The van der Waals surface area contributed by atoms with Crippen LogP contribution in [0.2, 0.25) is 0 Å². The molecule has 0 aliphatic carbocycles. The van der Waals surface area contributed by atoms with Crippen molar-refractivity contribution in [3.05, 3.63) is 29.3 Å². The highest BCUT2D eigenvalue weighted by molar-refractivity contribution is 6.01. The third kappa shape index (κ3) is 4.64. The number of anilines is 1. The van der Waals surface area contributed by atoms with Crippen LogP contribution in [0.25, 0.3) is 0 Å². The van der Waals surface area contributed by atoms with Gasteiger partial charge in [-0.1, -0.05) is 6.07 Å². The summed E-state index contributed by atoms with van der Waals surface area (Å²) in [4.78, 5) is 39.9. The second-order valence-corrected chi connectivity index (χ2v) is 8.50. The van der Waals surface area contributed by atoms with Gasteiger partial charge in [-0.05, 0) is 57.4 Å². The molecule has 7 nitrogen and oxygen atoms in total. The summed E-state index contributed by atoms with van der Waals surface area (Å²) in [6.45, 7) is 10.2. The standard InChI is InChI=1S/C21H29N3O4/c1-14-5-6-15(13-17(14)16-7-8-18(25)22-19(16)26)23-9-11-24(12-10-23)20(27)28-21(2,3)4/h5-6,13,16H,7-12H2,1-4H3,(H,22,25,26). The number of hydrogen-bond acceptors (Lipinski definition) is 5. The highest BCUT2D eigenvalue weighted by atomic mass is 16.6. The van der Waals surface area contributed by atoms with Gasteiger partial charge in [-0.15, -0.1) is 0 Å². The van der Waals surface area contributed by atoms with Gasteiger partial charge in [0.1, 0.15) is 5.60 Å². The minimum absolute atomic E-state index is 0.201. The lowest BCUT2D eigenvalue weighted by atomic mass is 9.87. The minimum atomic E-state index is -0.498. The van der Waals surface area contributed by atoms with Crippen LogP contribution in [-0.2, 0) is 14.3 Å². The average Bonchev–Trinajstić information content (AvgIpc) is 2.61. The Morgan fingerprint density at radius 1 is 1.14 bits per heavy atom. The van der Waals surface area contributed by atoms with E-state index < -0.39 is 5.60 Å². The van der Waals surface area contributed by atoms with Crippen LogP contribution in [0.15, 0.2) is 18.2 Å². The Labute approximate surface area is 166 Å². The van der Waals surface area contributed by atoms with Gasteiger partial charge < -0.3 is 14.5 Å². The van der Waals surface area contributed by atoms with Gasteiger partial charge >= 0.3 is 6.09 Å². The van der Waals surface area contributed by atoms with Crippen LogP contribution in [0.3, 0.4) is 0 Å². The fourth-order valence-corrected chi connectivity index (χ4v) is 3.66. The smallest absolute Gasteiger partial charge is 0.410 e. The first-order valence-corrected chi connectivity index (χ1v) is 9.81. The molecule has 1 unspecified atom stereocenters. The molecule has 2 aliphatic heterocycles. The Bertz CT molecular complexity index is 776. The van der Waals surface area contributed by atoms with Crippen LogP contribution < -0.4 is 10.2 Å². The third-order valence-electron chi connectivity index (χ3n) is 5.17. The molecule has 2 heterocycles. The molecule has 1 aromatic rings. The van der Waals surface area contributed by atoms with Crippen molar-refractivity contribution in [3.8, 4) is 0 Å². The zero-order valence-electron chi connectivity index (χ0n) is 17.1. The molecule has 2 fully saturated rings. The lowest BCUT2D eigenvalue weighted by Crippen LogP contribution is -2.50. The normalized spacial score (nSPS) is 20.8. The van der Waals surface area contributed by atoms with Gasteiger partial charge in [0.05, 0.1) is 5.92 Å². The van der Waals surface area contributed by atoms with E-state index in [1.54, 1.807) is 4.90 Å². The molecular formula is C21H29N3O4. The zero-order valence-corrected chi connectivity index (χ0v) is 17.1. The average molecular weight is 387 g/mol. The number of imide groups is 1. The zero-order chi connectivity index (χ0) is 20.5. The predicted molar refractivity (Wildman–Crippen MR) is 106 cm³/mol. The topological polar surface area (TPSA) is 79.0 Å². The van der Waals surface area contributed by atoms with Gasteiger partial charge in [0.15, 0.2) is 0 Å². The summed E-state index contributed by atoms with van der Waals surface area (Å²) in [6.07, 6.45) is 0.635. The SMILES string of the molecule is Cc1ccc(N2CCN(C(=O)OC(C)(C)C)CC2)cc1C1CCC(=O)NC1=O. The van der Waals surface area contributed by atoms with Crippen molar-refractivity contribution in [3.63, 3.8) is 0 Å². The summed E-state index contributed by atoms with van der Waals surface area (Å²) in [5, 5.41) is 2.44. The molecule has 0 bridgehead atoms. The van der Waals surface area contributed by atoms with Crippen molar-refractivity contribution in [1.29, 1.82) is 0 Å². The molecule has 0 aromatic heterocycles. The summed E-state index contributed by atoms with van der Waals surface area (Å²) >= 11 is 0. The van der Waals surface area contributed by atoms with Gasteiger partial charge in [-0.2, -0.15) is 0 Å². The highest BCUT2D eigenvalue weighted by Crippen LogP contribution is 2.31. The summed E-state index contributed by atoms with van der Waals surface area (Å²) in [5.74, 6) is -0.708. The van der Waals surface area contributed by atoms with Gasteiger partial charge in [-0.3, -0.25) is 14.9 Å². The molecule has 1 atom stereocenters. The van der Waals surface area contributed by atoms with E-state index in [1.165, 1.54) is 0 Å². The Morgan fingerprint density at radius 3 is 2.43 bits per heavy atom. The van der Waals surface area contributed by atoms with Crippen LogP contribution in [0, 0.1) is 6.92 Å². The van der Waals surface area contributed by atoms with Gasteiger partial charge in [0.25, 0.3) is 0 Å². The molecule has 28 heavy (non-hydrogen) atoms. The summed E-state index contributed by atoms with van der Waals surface area (Å²) < 4.78 is 5.45. The highest BCUT2D eigenvalue weighted by Gasteiger charge is 2.30. The lowest BCUT2D eigenvalue weighted by molar-refractivity contribution is -0.134. The first-order valence-electron chi connectivity index (χ1n) is 9.81. The van der Waals surface area contributed by atoms with Crippen LogP contribution >= 0.6 is 0 Å². The predicted octanol–water partition coefficient (Wildman–Crippen LogP) is 2.57. The molecule has 0 radical (unpaired) electrons. The molecular weight excluding hydrogens is 358 g/mol. The molecule has 1 N–H and O–H groups in total. The van der Waals surface area contributed by atoms with E-state index in [2.05, 4.69) is 16.3 Å². The van der Waals surface area contributed by atoms with E-state index in [-0.39, 0.29) is 23.8 Å². The van der Waals surface area contributed by atoms with Gasteiger partial charge in [0, 0.05) is 38.3 Å². The van der Waals surface area contributed by atoms with E-state index >= 15 is 0 Å². The number of hydrogen-bond donors (Lipinski definition) is 1. The molecule has 3 amide bonds. The number of amides is 3. The molecule has 1 aromatic carbocycles. The van der Waals surface area contributed by atoms with Crippen molar-refractivity contribution >= 4 is 23.6 Å². The van der Waals surface area contributed by atoms with Crippen molar-refractivity contribution in [2.45, 2.75) is 52.1 Å². The number of benzene rings is 1. The number of aryl methyl sites for hydroxylation is 1. The molecule has 3 rings (SSSR count). The monoisotopic (exact) mass is 387 g/mol. The maximum atomic E-state index is 12.3. The van der Waals surface area contributed by atoms with Crippen molar-refractivity contribution < 1.29 is 19.1 Å². The number of ether oxygens (including phenoxy) is 1. The molecule has 7 heteroatoms. The summed E-state index contributed by atoms with van der Waals surface area (Å²) in [6, 6.07) is 6.13. The fraction of sp³-hybridized carbons (Fsp3) is 0.571. The second kappa shape index (κ2) is 7.81. The molecule has 152 valence electrons. The Kier molecular flexibility index (Phi) is 5.63. The van der Waals surface area contributed by atoms with Crippen LogP contribution in [-0.4, -0.2) is 54.6 Å². The van der Waals surface area contributed by atoms with Crippen LogP contribution in [0.5, 0.6) is 0 Å². The quantitative estimate of drug-likeness (QED) is 0.789. The Morgan fingerprint density at radius 2 is 1.82 bits per heavy atom. The number of nitrogens with one attached hydrogen (secondary N) is 1. The van der Waals surface area contributed by atoms with E-state index in [0.29, 0.717) is 39.0 Å². The maximum absolute atomic E-state index is 12.3. The fourth-order valence-electron chi connectivity index (χ4n) is 3.66. The van der Waals surface area contributed by atoms with E-state index in [4.69, 9.17) is 4.74 Å². The summed E-state index contributed by atoms with van der Waals surface area (Å²) in [5.41, 5.74) is 2.55. The largest absolute Gasteiger partial charge is 0.444 e. The van der Waals surface area contributed by atoms with Crippen molar-refractivity contribution in [2.24, 2.45) is 0 Å². The van der Waals surface area contributed by atoms with Gasteiger partial charge in [-0.25, -0.2) is 4.79 Å². The number of nitrogens with zero attached hydrogens (tertiary/aromatic N) is 2. The molecule has 2 aliphatic rings. The number of carbonyl (C=O) groups is 3. The molecule has 2 saturated heterocycles. The Hall–Kier alpha value is -2.57. The maximum Gasteiger partial charge on any atom is 0.410 e. The molecule has 0 saturated carbocycles.